The molecule has 2 aromatic rings. The molecule has 6 heteroatoms. The van der Waals surface area contributed by atoms with Crippen LogP contribution < -0.4 is 9.21 Å². The van der Waals surface area contributed by atoms with Crippen molar-refractivity contribution in [1.29, 1.82) is 0 Å². The molecule has 0 aromatic heterocycles. The van der Waals surface area contributed by atoms with E-state index in [1.54, 1.807) is 16.4 Å². The Hall–Kier alpha value is -2.34. The Morgan fingerprint density at radius 2 is 1.87 bits per heavy atom. The summed E-state index contributed by atoms with van der Waals surface area (Å²) in [6.45, 7) is 6.50. The SMILES string of the molecule is CCCN(c1ccccc1CC)S(=O)(=O)c1ccc2c(c1)C[C@H](C)N2C(=O)C1CC1. The molecule has 0 spiro atoms. The van der Waals surface area contributed by atoms with Gasteiger partial charge in [0.25, 0.3) is 10.0 Å². The van der Waals surface area contributed by atoms with Gasteiger partial charge in [-0.1, -0.05) is 32.0 Å². The third-order valence-corrected chi connectivity index (χ3v) is 7.90. The van der Waals surface area contributed by atoms with Crippen LogP contribution in [0.15, 0.2) is 47.4 Å². The van der Waals surface area contributed by atoms with Crippen LogP contribution in [0.2, 0.25) is 0 Å². The van der Waals surface area contributed by atoms with Crippen LogP contribution in [0.3, 0.4) is 0 Å². The van der Waals surface area contributed by atoms with Gasteiger partial charge in [0, 0.05) is 24.2 Å². The Morgan fingerprint density at radius 1 is 1.13 bits per heavy atom. The number of carbonyl (C=O) groups is 1. The Bertz CT molecular complexity index is 1060. The van der Waals surface area contributed by atoms with Crippen molar-refractivity contribution in [3.63, 3.8) is 0 Å². The van der Waals surface area contributed by atoms with Crippen LogP contribution in [-0.2, 0) is 27.7 Å². The molecule has 1 aliphatic heterocycles. The largest absolute Gasteiger partial charge is 0.309 e. The van der Waals surface area contributed by atoms with Gasteiger partial charge in [-0.25, -0.2) is 8.42 Å². The molecule has 0 bridgehead atoms. The lowest BCUT2D eigenvalue weighted by Gasteiger charge is -2.26. The number of hydrogen-bond acceptors (Lipinski definition) is 3. The van der Waals surface area contributed by atoms with Crippen LogP contribution in [0.25, 0.3) is 0 Å². The highest BCUT2D eigenvalue weighted by atomic mass is 32.2. The number of fused-ring (bicyclic) bond motifs is 1. The van der Waals surface area contributed by atoms with Crippen LogP contribution in [0.1, 0.15) is 51.2 Å². The van der Waals surface area contributed by atoms with E-state index in [4.69, 9.17) is 0 Å². The Morgan fingerprint density at radius 3 is 2.53 bits per heavy atom. The quantitative estimate of drug-likeness (QED) is 0.653. The number of anilines is 2. The first-order chi connectivity index (χ1) is 14.4. The van der Waals surface area contributed by atoms with Gasteiger partial charge in [-0.05, 0) is 74.4 Å². The fourth-order valence-corrected chi connectivity index (χ4v) is 6.03. The predicted molar refractivity (Wildman–Crippen MR) is 120 cm³/mol. The molecule has 1 fully saturated rings. The number of amides is 1. The molecular formula is C24H30N2O3S. The highest BCUT2D eigenvalue weighted by Crippen LogP contribution is 2.40. The van der Waals surface area contributed by atoms with Crippen LogP contribution in [0, 0.1) is 5.92 Å². The number of carbonyl (C=O) groups excluding carboxylic acids is 1. The number of rotatable bonds is 7. The van der Waals surface area contributed by atoms with E-state index in [1.165, 1.54) is 0 Å². The van der Waals surface area contributed by atoms with E-state index in [2.05, 4.69) is 0 Å². The summed E-state index contributed by atoms with van der Waals surface area (Å²) >= 11 is 0. The summed E-state index contributed by atoms with van der Waals surface area (Å²) in [5.74, 6) is 0.328. The van der Waals surface area contributed by atoms with Crippen molar-refractivity contribution in [2.24, 2.45) is 5.92 Å². The number of para-hydroxylation sites is 1. The molecule has 1 saturated carbocycles. The minimum Gasteiger partial charge on any atom is -0.309 e. The summed E-state index contributed by atoms with van der Waals surface area (Å²) in [6.07, 6.45) is 4.12. The summed E-state index contributed by atoms with van der Waals surface area (Å²) in [5, 5.41) is 0. The van der Waals surface area contributed by atoms with Gasteiger partial charge in [-0.2, -0.15) is 0 Å². The molecule has 160 valence electrons. The molecule has 1 aliphatic carbocycles. The van der Waals surface area contributed by atoms with Gasteiger partial charge in [0.1, 0.15) is 0 Å². The van der Waals surface area contributed by atoms with E-state index in [9.17, 15) is 13.2 Å². The zero-order valence-corrected chi connectivity index (χ0v) is 18.8. The fraction of sp³-hybridized carbons (Fsp3) is 0.458. The first-order valence-electron chi connectivity index (χ1n) is 10.9. The summed E-state index contributed by atoms with van der Waals surface area (Å²) in [7, 11) is -3.70. The summed E-state index contributed by atoms with van der Waals surface area (Å²) < 4.78 is 28.8. The van der Waals surface area contributed by atoms with Gasteiger partial charge in [-0.3, -0.25) is 9.10 Å². The van der Waals surface area contributed by atoms with Gasteiger partial charge >= 0.3 is 0 Å². The van der Waals surface area contributed by atoms with Crippen molar-refractivity contribution in [1.82, 2.24) is 0 Å². The van der Waals surface area contributed by atoms with E-state index >= 15 is 0 Å². The normalized spacial score (nSPS) is 18.4. The fourth-order valence-electron chi connectivity index (χ4n) is 4.38. The minimum absolute atomic E-state index is 0.0682. The number of sulfonamides is 1. The Kier molecular flexibility index (Phi) is 5.62. The molecule has 4 rings (SSSR count). The lowest BCUT2D eigenvalue weighted by molar-refractivity contribution is -0.120. The van der Waals surface area contributed by atoms with Crippen LogP contribution in [-0.4, -0.2) is 26.9 Å². The van der Waals surface area contributed by atoms with Crippen molar-refractivity contribution < 1.29 is 13.2 Å². The number of benzene rings is 2. The predicted octanol–water partition coefficient (Wildman–Crippen LogP) is 4.54. The molecule has 0 unspecified atom stereocenters. The van der Waals surface area contributed by atoms with Crippen molar-refractivity contribution in [2.75, 3.05) is 15.7 Å². The van der Waals surface area contributed by atoms with E-state index in [-0.39, 0.29) is 17.9 Å². The van der Waals surface area contributed by atoms with Crippen molar-refractivity contribution in [3.8, 4) is 0 Å². The minimum atomic E-state index is -3.70. The molecular weight excluding hydrogens is 396 g/mol. The molecule has 1 amide bonds. The summed E-state index contributed by atoms with van der Waals surface area (Å²) in [5.41, 5.74) is 3.58. The molecule has 1 atom stereocenters. The monoisotopic (exact) mass is 426 g/mol. The van der Waals surface area contributed by atoms with E-state index in [0.717, 1.165) is 48.2 Å². The summed E-state index contributed by atoms with van der Waals surface area (Å²) in [6, 6.07) is 13.0. The molecule has 2 aromatic carbocycles. The van der Waals surface area contributed by atoms with Gasteiger partial charge in [0.2, 0.25) is 5.91 Å². The number of hydrogen-bond donors (Lipinski definition) is 0. The van der Waals surface area contributed by atoms with Crippen LogP contribution in [0.4, 0.5) is 11.4 Å². The standard InChI is InChI=1S/C24H30N2O3S/c1-4-14-25(22-9-7-6-8-18(22)5-2)30(28,29)21-12-13-23-20(16-21)15-17(3)26(23)24(27)19-10-11-19/h6-9,12-13,16-17,19H,4-5,10-11,14-15H2,1-3H3/t17-/m0/s1. The highest BCUT2D eigenvalue weighted by Gasteiger charge is 2.40. The van der Waals surface area contributed by atoms with E-state index in [0.29, 0.717) is 17.9 Å². The van der Waals surface area contributed by atoms with Gasteiger partial charge in [0.05, 0.1) is 10.6 Å². The highest BCUT2D eigenvalue weighted by molar-refractivity contribution is 7.92. The molecule has 1 heterocycles. The van der Waals surface area contributed by atoms with Gasteiger partial charge in [-0.15, -0.1) is 0 Å². The third kappa shape index (κ3) is 3.62. The maximum atomic E-state index is 13.7. The molecule has 0 N–H and O–H groups in total. The topological polar surface area (TPSA) is 57.7 Å². The maximum Gasteiger partial charge on any atom is 0.264 e. The molecule has 5 nitrogen and oxygen atoms in total. The molecule has 0 radical (unpaired) electrons. The lowest BCUT2D eigenvalue weighted by atomic mass is 10.1. The van der Waals surface area contributed by atoms with Crippen molar-refractivity contribution in [2.45, 2.75) is 63.8 Å². The number of nitrogens with zero attached hydrogens (tertiary/aromatic N) is 2. The lowest BCUT2D eigenvalue weighted by Crippen LogP contribution is -2.36. The van der Waals surface area contributed by atoms with Crippen molar-refractivity contribution in [3.05, 3.63) is 53.6 Å². The molecule has 0 saturated heterocycles. The smallest absolute Gasteiger partial charge is 0.264 e. The third-order valence-electron chi connectivity index (χ3n) is 6.09. The second kappa shape index (κ2) is 8.06. The van der Waals surface area contributed by atoms with E-state index < -0.39 is 10.0 Å². The average molecular weight is 427 g/mol. The first-order valence-corrected chi connectivity index (χ1v) is 12.4. The van der Waals surface area contributed by atoms with Crippen molar-refractivity contribution >= 4 is 27.3 Å². The maximum absolute atomic E-state index is 13.7. The van der Waals surface area contributed by atoms with Gasteiger partial charge in [0.15, 0.2) is 0 Å². The van der Waals surface area contributed by atoms with Crippen LogP contribution in [0.5, 0.6) is 0 Å². The Labute approximate surface area is 179 Å². The molecule has 30 heavy (non-hydrogen) atoms. The second-order valence-electron chi connectivity index (χ2n) is 8.39. The second-order valence-corrected chi connectivity index (χ2v) is 10.2. The van der Waals surface area contributed by atoms with Crippen LogP contribution >= 0.6 is 0 Å². The summed E-state index contributed by atoms with van der Waals surface area (Å²) in [4.78, 5) is 14.9. The Balaban J connectivity index is 1.72. The van der Waals surface area contributed by atoms with Gasteiger partial charge < -0.3 is 4.90 Å². The average Bonchev–Trinajstić information content (AvgIpc) is 3.53. The number of aryl methyl sites for hydroxylation is 1. The molecule has 2 aliphatic rings. The first kappa shape index (κ1) is 20.9. The van der Waals surface area contributed by atoms with E-state index in [1.807, 2.05) is 56.0 Å². The zero-order chi connectivity index (χ0) is 21.5. The zero-order valence-electron chi connectivity index (χ0n) is 18.0.